The minimum Gasteiger partial charge on any atom is -0.376 e. The molecule has 2 unspecified atom stereocenters. The summed E-state index contributed by atoms with van der Waals surface area (Å²) in [7, 11) is 0. The lowest BCUT2D eigenvalue weighted by Gasteiger charge is -2.29. The van der Waals surface area contributed by atoms with Gasteiger partial charge in [0.15, 0.2) is 0 Å². The molecular formula is C17H26N2O. The molecule has 3 rings (SSSR count). The maximum atomic E-state index is 5.84. The number of rotatable bonds is 4. The van der Waals surface area contributed by atoms with Crippen molar-refractivity contribution in [3.63, 3.8) is 0 Å². The zero-order valence-corrected chi connectivity index (χ0v) is 12.5. The summed E-state index contributed by atoms with van der Waals surface area (Å²) in [5, 5.41) is 3.71. The third kappa shape index (κ3) is 3.15. The van der Waals surface area contributed by atoms with E-state index < -0.39 is 0 Å². The largest absolute Gasteiger partial charge is 0.376 e. The summed E-state index contributed by atoms with van der Waals surface area (Å²) in [4.78, 5) is 2.55. The van der Waals surface area contributed by atoms with Crippen LogP contribution in [0.3, 0.4) is 0 Å². The van der Waals surface area contributed by atoms with Crippen LogP contribution in [0.5, 0.6) is 0 Å². The molecule has 2 aliphatic rings. The first-order valence-electron chi connectivity index (χ1n) is 8.04. The quantitative estimate of drug-likeness (QED) is 0.913. The lowest BCUT2D eigenvalue weighted by Crippen LogP contribution is -2.41. The van der Waals surface area contributed by atoms with Gasteiger partial charge in [-0.2, -0.15) is 0 Å². The molecule has 0 aromatic heterocycles. The van der Waals surface area contributed by atoms with E-state index in [2.05, 4.69) is 41.4 Å². The molecule has 0 radical (unpaired) electrons. The molecule has 2 aliphatic heterocycles. The Bertz CT molecular complexity index is 429. The van der Waals surface area contributed by atoms with Crippen LogP contribution in [-0.4, -0.2) is 31.8 Å². The van der Waals surface area contributed by atoms with Crippen LogP contribution in [0.1, 0.15) is 38.2 Å². The van der Waals surface area contributed by atoms with Gasteiger partial charge in [0, 0.05) is 38.0 Å². The fourth-order valence-corrected chi connectivity index (χ4v) is 3.40. The highest BCUT2D eigenvalue weighted by Gasteiger charge is 2.25. The molecule has 110 valence electrons. The highest BCUT2D eigenvalue weighted by molar-refractivity contribution is 5.54. The molecule has 2 atom stereocenters. The van der Waals surface area contributed by atoms with Crippen molar-refractivity contribution in [2.24, 2.45) is 0 Å². The molecule has 1 N–H and O–H groups in total. The standard InChI is InChI=1S/C17H26N2O/c1-2-6-15-12-19(13-16-8-5-10-20-16)17-9-4-3-7-14(17)11-18-15/h3-4,7,9,15-16,18H,2,5-6,8,10-13H2,1H3. The van der Waals surface area contributed by atoms with Crippen molar-refractivity contribution in [2.75, 3.05) is 24.6 Å². The molecule has 1 fully saturated rings. The zero-order valence-electron chi connectivity index (χ0n) is 12.5. The summed E-state index contributed by atoms with van der Waals surface area (Å²) in [5.74, 6) is 0. The third-order valence-corrected chi connectivity index (χ3v) is 4.44. The lowest BCUT2D eigenvalue weighted by atomic mass is 10.1. The number of hydrogen-bond donors (Lipinski definition) is 1. The highest BCUT2D eigenvalue weighted by Crippen LogP contribution is 2.26. The summed E-state index contributed by atoms with van der Waals surface area (Å²) in [6.07, 6.45) is 5.34. The topological polar surface area (TPSA) is 24.5 Å². The van der Waals surface area contributed by atoms with Gasteiger partial charge < -0.3 is 15.0 Å². The van der Waals surface area contributed by atoms with Gasteiger partial charge in [-0.05, 0) is 30.9 Å². The van der Waals surface area contributed by atoms with Crippen LogP contribution >= 0.6 is 0 Å². The second kappa shape index (κ2) is 6.59. The van der Waals surface area contributed by atoms with E-state index in [1.54, 1.807) is 0 Å². The van der Waals surface area contributed by atoms with Gasteiger partial charge in [-0.1, -0.05) is 31.5 Å². The highest BCUT2D eigenvalue weighted by atomic mass is 16.5. The normalized spacial score (nSPS) is 26.4. The fourth-order valence-electron chi connectivity index (χ4n) is 3.40. The average Bonchev–Trinajstić information content (AvgIpc) is 2.91. The maximum absolute atomic E-state index is 5.84. The molecule has 1 aromatic carbocycles. The van der Waals surface area contributed by atoms with Gasteiger partial charge in [-0.25, -0.2) is 0 Å². The molecule has 0 bridgehead atoms. The van der Waals surface area contributed by atoms with E-state index >= 15 is 0 Å². The average molecular weight is 274 g/mol. The second-order valence-electron chi connectivity index (χ2n) is 6.04. The summed E-state index contributed by atoms with van der Waals surface area (Å²) >= 11 is 0. The molecule has 2 heterocycles. The Morgan fingerprint density at radius 2 is 2.25 bits per heavy atom. The van der Waals surface area contributed by atoms with Crippen molar-refractivity contribution in [3.05, 3.63) is 29.8 Å². The number of nitrogens with one attached hydrogen (secondary N) is 1. The Labute approximate surface area is 122 Å². The van der Waals surface area contributed by atoms with Crippen LogP contribution in [0.4, 0.5) is 5.69 Å². The smallest absolute Gasteiger partial charge is 0.0750 e. The van der Waals surface area contributed by atoms with Crippen LogP contribution in [0.25, 0.3) is 0 Å². The van der Waals surface area contributed by atoms with Crippen molar-refractivity contribution in [1.82, 2.24) is 5.32 Å². The number of ether oxygens (including phenoxy) is 1. The molecule has 0 amide bonds. The molecule has 3 heteroatoms. The molecule has 0 saturated carbocycles. The summed E-state index contributed by atoms with van der Waals surface area (Å²) in [5.41, 5.74) is 2.82. The van der Waals surface area contributed by atoms with E-state index in [1.165, 1.54) is 36.9 Å². The summed E-state index contributed by atoms with van der Waals surface area (Å²) in [6, 6.07) is 9.40. The first kappa shape index (κ1) is 13.9. The molecule has 3 nitrogen and oxygen atoms in total. The summed E-state index contributed by atoms with van der Waals surface area (Å²) in [6.45, 7) is 6.34. The van der Waals surface area contributed by atoms with Crippen molar-refractivity contribution >= 4 is 5.69 Å². The van der Waals surface area contributed by atoms with E-state index in [-0.39, 0.29) is 0 Å². The van der Waals surface area contributed by atoms with Gasteiger partial charge in [0.05, 0.1) is 6.10 Å². The Morgan fingerprint density at radius 3 is 3.05 bits per heavy atom. The number of para-hydroxylation sites is 1. The van der Waals surface area contributed by atoms with Crippen LogP contribution in [0.15, 0.2) is 24.3 Å². The maximum Gasteiger partial charge on any atom is 0.0750 e. The molecule has 0 spiro atoms. The number of anilines is 1. The molecule has 1 aromatic rings. The number of benzene rings is 1. The van der Waals surface area contributed by atoms with Gasteiger partial charge >= 0.3 is 0 Å². The molecule has 1 saturated heterocycles. The van der Waals surface area contributed by atoms with Gasteiger partial charge in [-0.15, -0.1) is 0 Å². The van der Waals surface area contributed by atoms with Gasteiger partial charge in [0.25, 0.3) is 0 Å². The van der Waals surface area contributed by atoms with Crippen LogP contribution in [0.2, 0.25) is 0 Å². The van der Waals surface area contributed by atoms with Crippen LogP contribution in [-0.2, 0) is 11.3 Å². The fraction of sp³-hybridized carbons (Fsp3) is 0.647. The summed E-state index contributed by atoms with van der Waals surface area (Å²) < 4.78 is 5.84. The Hall–Kier alpha value is -1.06. The van der Waals surface area contributed by atoms with Crippen molar-refractivity contribution in [3.8, 4) is 0 Å². The molecular weight excluding hydrogens is 248 g/mol. The van der Waals surface area contributed by atoms with Crippen molar-refractivity contribution in [1.29, 1.82) is 0 Å². The lowest BCUT2D eigenvalue weighted by molar-refractivity contribution is 0.115. The van der Waals surface area contributed by atoms with Gasteiger partial charge in [0.2, 0.25) is 0 Å². The van der Waals surface area contributed by atoms with E-state index in [9.17, 15) is 0 Å². The third-order valence-electron chi connectivity index (χ3n) is 4.44. The number of nitrogens with zero attached hydrogens (tertiary/aromatic N) is 1. The molecule has 20 heavy (non-hydrogen) atoms. The second-order valence-corrected chi connectivity index (χ2v) is 6.04. The zero-order chi connectivity index (χ0) is 13.8. The monoisotopic (exact) mass is 274 g/mol. The van der Waals surface area contributed by atoms with E-state index in [4.69, 9.17) is 4.74 Å². The Kier molecular flexibility index (Phi) is 4.58. The van der Waals surface area contributed by atoms with Crippen molar-refractivity contribution < 1.29 is 4.74 Å². The van der Waals surface area contributed by atoms with Crippen LogP contribution < -0.4 is 10.2 Å². The first-order valence-corrected chi connectivity index (χ1v) is 8.04. The minimum absolute atomic E-state index is 0.420. The molecule has 0 aliphatic carbocycles. The first-order chi connectivity index (χ1) is 9.86. The van der Waals surface area contributed by atoms with Gasteiger partial charge in [0.1, 0.15) is 0 Å². The SMILES string of the molecule is CCCC1CN(CC2CCCO2)c2ccccc2CN1. The van der Waals surface area contributed by atoms with Crippen molar-refractivity contribution in [2.45, 2.75) is 51.3 Å². The minimum atomic E-state index is 0.420. The predicted octanol–water partition coefficient (Wildman–Crippen LogP) is 2.94. The van der Waals surface area contributed by atoms with E-state index in [1.807, 2.05) is 0 Å². The number of fused-ring (bicyclic) bond motifs is 1. The van der Waals surface area contributed by atoms with Gasteiger partial charge in [-0.3, -0.25) is 0 Å². The Balaban J connectivity index is 1.78. The predicted molar refractivity (Wildman–Crippen MR) is 83.2 cm³/mol. The Morgan fingerprint density at radius 1 is 1.35 bits per heavy atom. The number of hydrogen-bond acceptors (Lipinski definition) is 3. The van der Waals surface area contributed by atoms with Crippen LogP contribution in [0, 0.1) is 0 Å². The van der Waals surface area contributed by atoms with E-state index in [0.717, 1.165) is 26.2 Å². The van der Waals surface area contributed by atoms with E-state index in [0.29, 0.717) is 12.1 Å².